The van der Waals surface area contributed by atoms with Crippen molar-refractivity contribution in [2.75, 3.05) is 0 Å². The second-order valence-corrected chi connectivity index (χ2v) is 5.92. The highest BCUT2D eigenvalue weighted by Crippen LogP contribution is 2.17. The van der Waals surface area contributed by atoms with Crippen LogP contribution in [0.3, 0.4) is 0 Å². The van der Waals surface area contributed by atoms with Crippen LogP contribution in [-0.4, -0.2) is 11.1 Å². The molecule has 0 fully saturated rings. The molecule has 0 saturated carbocycles. The van der Waals surface area contributed by atoms with Gasteiger partial charge in [0.15, 0.2) is 0 Å². The van der Waals surface area contributed by atoms with Gasteiger partial charge in [0.1, 0.15) is 0 Å². The van der Waals surface area contributed by atoms with E-state index >= 15 is 0 Å². The summed E-state index contributed by atoms with van der Waals surface area (Å²) in [6, 6.07) is 12.3. The fraction of sp³-hybridized carbons (Fsp3) is 0.312. The molecular weight excluding hydrogens is 270 g/mol. The fourth-order valence-corrected chi connectivity index (χ4v) is 3.14. The molecule has 2 N–H and O–H groups in total. The van der Waals surface area contributed by atoms with Crippen LogP contribution < -0.4 is 5.32 Å². The Labute approximate surface area is 123 Å². The number of nitrogens with one attached hydrogen (secondary N) is 1. The van der Waals surface area contributed by atoms with Gasteiger partial charge < -0.3 is 10.4 Å². The van der Waals surface area contributed by atoms with Gasteiger partial charge >= 0.3 is 5.97 Å². The van der Waals surface area contributed by atoms with E-state index in [0.717, 1.165) is 24.4 Å². The standard InChI is InChI=1S/C16H19NO2S/c1-2-12-5-3-4-6-13(12)10-17-11-15-8-7-14(20-15)9-16(18)19/h3-8,17H,2,9-11H2,1H3,(H,18,19). The number of carboxylic acids is 1. The zero-order chi connectivity index (χ0) is 14.4. The first-order chi connectivity index (χ1) is 9.69. The molecule has 0 bridgehead atoms. The van der Waals surface area contributed by atoms with Crippen molar-refractivity contribution in [3.05, 3.63) is 57.3 Å². The zero-order valence-electron chi connectivity index (χ0n) is 11.6. The van der Waals surface area contributed by atoms with Gasteiger partial charge in [-0.1, -0.05) is 31.2 Å². The van der Waals surface area contributed by atoms with Crippen LogP contribution in [0.25, 0.3) is 0 Å². The smallest absolute Gasteiger partial charge is 0.308 e. The molecular formula is C16H19NO2S. The van der Waals surface area contributed by atoms with Gasteiger partial charge in [-0.3, -0.25) is 4.79 Å². The summed E-state index contributed by atoms with van der Waals surface area (Å²) in [5.41, 5.74) is 2.70. The number of aryl methyl sites for hydroxylation is 1. The van der Waals surface area contributed by atoms with Crippen molar-refractivity contribution in [2.45, 2.75) is 32.9 Å². The predicted molar refractivity (Wildman–Crippen MR) is 82.0 cm³/mol. The topological polar surface area (TPSA) is 49.3 Å². The molecule has 106 valence electrons. The summed E-state index contributed by atoms with van der Waals surface area (Å²) in [5.74, 6) is -0.775. The molecule has 0 amide bonds. The van der Waals surface area contributed by atoms with Gasteiger partial charge in [-0.05, 0) is 29.7 Å². The fourth-order valence-electron chi connectivity index (χ4n) is 2.16. The third-order valence-corrected chi connectivity index (χ3v) is 4.24. The summed E-state index contributed by atoms with van der Waals surface area (Å²) in [6.45, 7) is 3.79. The zero-order valence-corrected chi connectivity index (χ0v) is 12.4. The monoisotopic (exact) mass is 289 g/mol. The van der Waals surface area contributed by atoms with Crippen LogP contribution in [0.2, 0.25) is 0 Å². The molecule has 0 saturated heterocycles. The Balaban J connectivity index is 1.86. The average molecular weight is 289 g/mol. The minimum atomic E-state index is -0.775. The molecule has 1 heterocycles. The van der Waals surface area contributed by atoms with E-state index in [1.807, 2.05) is 12.1 Å². The molecule has 1 aromatic carbocycles. The largest absolute Gasteiger partial charge is 0.481 e. The molecule has 1 aromatic heterocycles. The molecule has 0 aliphatic rings. The van der Waals surface area contributed by atoms with Crippen LogP contribution in [0.5, 0.6) is 0 Å². The molecule has 2 rings (SSSR count). The Bertz CT molecular complexity index is 577. The maximum absolute atomic E-state index is 10.6. The molecule has 0 spiro atoms. The Morgan fingerprint density at radius 3 is 2.50 bits per heavy atom. The van der Waals surface area contributed by atoms with E-state index in [1.54, 1.807) is 11.3 Å². The number of aliphatic carboxylic acids is 1. The molecule has 0 aliphatic heterocycles. The lowest BCUT2D eigenvalue weighted by molar-refractivity contribution is -0.136. The third-order valence-electron chi connectivity index (χ3n) is 3.16. The van der Waals surface area contributed by atoms with Crippen LogP contribution in [0, 0.1) is 0 Å². The van der Waals surface area contributed by atoms with Crippen molar-refractivity contribution in [3.63, 3.8) is 0 Å². The Morgan fingerprint density at radius 2 is 1.80 bits per heavy atom. The normalized spacial score (nSPS) is 10.7. The molecule has 0 atom stereocenters. The van der Waals surface area contributed by atoms with Gasteiger partial charge in [0.05, 0.1) is 6.42 Å². The van der Waals surface area contributed by atoms with E-state index < -0.39 is 5.97 Å². The van der Waals surface area contributed by atoms with Crippen molar-refractivity contribution >= 4 is 17.3 Å². The minimum absolute atomic E-state index is 0.114. The maximum Gasteiger partial charge on any atom is 0.308 e. The Morgan fingerprint density at radius 1 is 1.10 bits per heavy atom. The number of benzene rings is 1. The van der Waals surface area contributed by atoms with Gasteiger partial charge in [-0.2, -0.15) is 0 Å². The van der Waals surface area contributed by atoms with Gasteiger partial charge in [-0.25, -0.2) is 0 Å². The second kappa shape index (κ2) is 7.22. The number of thiophene rings is 1. The highest BCUT2D eigenvalue weighted by Gasteiger charge is 2.05. The number of carbonyl (C=O) groups is 1. The lowest BCUT2D eigenvalue weighted by atomic mass is 10.1. The maximum atomic E-state index is 10.6. The van der Waals surface area contributed by atoms with E-state index in [2.05, 4.69) is 36.5 Å². The van der Waals surface area contributed by atoms with Crippen LogP contribution >= 0.6 is 11.3 Å². The van der Waals surface area contributed by atoms with Gasteiger partial charge in [-0.15, -0.1) is 11.3 Å². The van der Waals surface area contributed by atoms with Crippen molar-refractivity contribution in [1.82, 2.24) is 5.32 Å². The molecule has 20 heavy (non-hydrogen) atoms. The lowest BCUT2D eigenvalue weighted by Gasteiger charge is -2.08. The summed E-state index contributed by atoms with van der Waals surface area (Å²) in [7, 11) is 0. The Hall–Kier alpha value is -1.65. The van der Waals surface area contributed by atoms with E-state index in [0.29, 0.717) is 0 Å². The van der Waals surface area contributed by atoms with Crippen molar-refractivity contribution in [3.8, 4) is 0 Å². The van der Waals surface area contributed by atoms with Gasteiger partial charge in [0.2, 0.25) is 0 Å². The van der Waals surface area contributed by atoms with E-state index in [1.165, 1.54) is 16.0 Å². The summed E-state index contributed by atoms with van der Waals surface area (Å²) in [6.07, 6.45) is 1.16. The van der Waals surface area contributed by atoms with Crippen LogP contribution in [0.1, 0.15) is 27.8 Å². The first-order valence-corrected chi connectivity index (χ1v) is 7.57. The SMILES string of the molecule is CCc1ccccc1CNCc1ccc(CC(=O)O)s1. The van der Waals surface area contributed by atoms with Crippen LogP contribution in [-0.2, 0) is 30.7 Å². The van der Waals surface area contributed by atoms with Crippen molar-refractivity contribution < 1.29 is 9.90 Å². The molecule has 0 aliphatic carbocycles. The summed E-state index contributed by atoms with van der Waals surface area (Å²) in [5, 5.41) is 12.2. The molecule has 0 unspecified atom stereocenters. The minimum Gasteiger partial charge on any atom is -0.481 e. The van der Waals surface area contributed by atoms with Crippen molar-refractivity contribution in [2.24, 2.45) is 0 Å². The number of rotatable bonds is 7. The molecule has 4 heteroatoms. The first-order valence-electron chi connectivity index (χ1n) is 6.76. The third kappa shape index (κ3) is 4.18. The van der Waals surface area contributed by atoms with E-state index in [4.69, 9.17) is 5.11 Å². The predicted octanol–water partition coefficient (Wildman–Crippen LogP) is 3.23. The summed E-state index contributed by atoms with van der Waals surface area (Å²) < 4.78 is 0. The highest BCUT2D eigenvalue weighted by molar-refractivity contribution is 7.12. The molecule has 3 nitrogen and oxygen atoms in total. The Kier molecular flexibility index (Phi) is 5.32. The highest BCUT2D eigenvalue weighted by atomic mass is 32.1. The van der Waals surface area contributed by atoms with Gasteiger partial charge in [0, 0.05) is 22.8 Å². The lowest BCUT2D eigenvalue weighted by Crippen LogP contribution is -2.13. The quantitative estimate of drug-likeness (QED) is 0.823. The number of hydrogen-bond acceptors (Lipinski definition) is 3. The first kappa shape index (κ1) is 14.8. The summed E-state index contributed by atoms with van der Waals surface area (Å²) >= 11 is 1.56. The summed E-state index contributed by atoms with van der Waals surface area (Å²) in [4.78, 5) is 12.7. The van der Waals surface area contributed by atoms with Crippen molar-refractivity contribution in [1.29, 1.82) is 0 Å². The molecule has 2 aromatic rings. The van der Waals surface area contributed by atoms with Crippen LogP contribution in [0.4, 0.5) is 0 Å². The molecule has 0 radical (unpaired) electrons. The second-order valence-electron chi connectivity index (χ2n) is 4.66. The van der Waals surface area contributed by atoms with Gasteiger partial charge in [0.25, 0.3) is 0 Å². The van der Waals surface area contributed by atoms with Crippen LogP contribution in [0.15, 0.2) is 36.4 Å². The van der Waals surface area contributed by atoms with E-state index in [9.17, 15) is 4.79 Å². The average Bonchev–Trinajstić information content (AvgIpc) is 2.86. The van der Waals surface area contributed by atoms with E-state index in [-0.39, 0.29) is 6.42 Å². The number of carboxylic acid groups (broad SMARTS) is 1. The number of hydrogen-bond donors (Lipinski definition) is 2.